The van der Waals surface area contributed by atoms with Crippen LogP contribution in [0.4, 0.5) is 27.5 Å². The van der Waals surface area contributed by atoms with Gasteiger partial charge in [-0.25, -0.2) is 4.79 Å². The number of rotatable bonds is 19. The molecule has 4 atom stereocenters. The Morgan fingerprint density at radius 3 is 1.91 bits per heavy atom. The van der Waals surface area contributed by atoms with Crippen molar-refractivity contribution in [2.75, 3.05) is 77.5 Å². The quantitative estimate of drug-likeness (QED) is 0.0652. The summed E-state index contributed by atoms with van der Waals surface area (Å²) in [5.41, 5.74) is 13.3. The zero-order valence-corrected chi connectivity index (χ0v) is 50.0. The summed E-state index contributed by atoms with van der Waals surface area (Å²) in [6, 6.07) is 37.8. The lowest BCUT2D eigenvalue weighted by Gasteiger charge is -2.34. The lowest BCUT2D eigenvalue weighted by molar-refractivity contribution is -0.128. The summed E-state index contributed by atoms with van der Waals surface area (Å²) in [6.07, 6.45) is 9.18. The standard InChI is InChI=1S/C69H73N9O9/c1-42(2)65(74-69(82)87-41-58-55-14-9-7-12-53(55)54-13-8-10-15-56(54)58)67(80)72-43(3)66(79)73-49-20-16-44(17-21-49)47-31-52-37-71-60-35-64(62(84-6)33-57(60)68(81)78(52)40-47)86-29-11-28-85-63-34-59-48(32-61(63)83-5)39-77-38-46(30-51(77)36-70-59)45-18-22-50(23-19-45)76-26-24-75(4)25-27-76/h7-10,12-23,32-38,40,42-43,51-52,58,65H,11,24-31,39,41H2,1-6H3,(H,72,80)(H,73,79)(H,74,82). The molecule has 0 saturated carbocycles. The predicted octanol–water partition coefficient (Wildman–Crippen LogP) is 10.6. The maximum absolute atomic E-state index is 14.2. The summed E-state index contributed by atoms with van der Waals surface area (Å²) >= 11 is 0. The van der Waals surface area contributed by atoms with Crippen LogP contribution in [0.5, 0.6) is 23.0 Å². The van der Waals surface area contributed by atoms with E-state index in [-0.39, 0.29) is 36.4 Å². The lowest BCUT2D eigenvalue weighted by Crippen LogP contribution is -2.53. The van der Waals surface area contributed by atoms with E-state index in [1.165, 1.54) is 16.8 Å². The molecular formula is C69H73N9O9. The van der Waals surface area contributed by atoms with E-state index in [1.807, 2.05) is 86.9 Å². The highest BCUT2D eigenvalue weighted by molar-refractivity contribution is 6.05. The molecule has 0 radical (unpaired) electrons. The van der Waals surface area contributed by atoms with Gasteiger partial charge in [0, 0.05) is 105 Å². The van der Waals surface area contributed by atoms with Crippen LogP contribution in [0.15, 0.2) is 144 Å². The molecule has 4 amide bonds. The fraction of sp³-hybridized carbons (Fsp3) is 0.333. The Bertz CT molecular complexity index is 3680. The van der Waals surface area contributed by atoms with Crippen LogP contribution in [0, 0.1) is 5.92 Å². The number of nitrogens with one attached hydrogen (secondary N) is 3. The third-order valence-corrected chi connectivity index (χ3v) is 17.2. The molecule has 12 rings (SSSR count). The van der Waals surface area contributed by atoms with Crippen LogP contribution < -0.4 is 39.8 Å². The molecule has 4 unspecified atom stereocenters. The first kappa shape index (κ1) is 58.0. The Kier molecular flexibility index (Phi) is 16.8. The fourth-order valence-corrected chi connectivity index (χ4v) is 12.3. The molecule has 6 aliphatic rings. The van der Waals surface area contributed by atoms with Crippen molar-refractivity contribution in [1.82, 2.24) is 25.3 Å². The van der Waals surface area contributed by atoms with Gasteiger partial charge in [-0.2, -0.15) is 0 Å². The van der Waals surface area contributed by atoms with Crippen LogP contribution in [0.25, 0.3) is 22.3 Å². The number of methoxy groups -OCH3 is 2. The number of hydrogen-bond acceptors (Lipinski definition) is 14. The molecule has 87 heavy (non-hydrogen) atoms. The number of likely N-dealkylation sites (N-methyl/N-ethyl adjacent to an activating group) is 1. The number of fused-ring (bicyclic) bond motifs is 7. The van der Waals surface area contributed by atoms with Crippen molar-refractivity contribution in [3.63, 3.8) is 0 Å². The maximum atomic E-state index is 14.2. The average Bonchev–Trinajstić information content (AvgIpc) is 2.19. The molecule has 5 aliphatic heterocycles. The second-order valence-corrected chi connectivity index (χ2v) is 23.3. The van der Waals surface area contributed by atoms with Gasteiger partial charge in [-0.15, -0.1) is 0 Å². The number of amides is 4. The SMILES string of the molecule is COc1cc2c(cc1OCCCOc1cc3c(cc1OC)C(=O)N1C=C(c4ccc(NC(=O)C(C)NC(=O)C(NC(=O)OCC5c6ccccc6-c6ccccc65)C(C)C)cc4)CC1C=N3)N=CC1CC(c3ccc(N4CCN(C)CC4)cc3)=CN1C2. The van der Waals surface area contributed by atoms with Crippen molar-refractivity contribution in [3.05, 3.63) is 167 Å². The van der Waals surface area contributed by atoms with Gasteiger partial charge in [0.15, 0.2) is 23.0 Å². The summed E-state index contributed by atoms with van der Waals surface area (Å²) in [7, 11) is 5.37. The molecule has 448 valence electrons. The number of piperazine rings is 1. The Hall–Kier alpha value is -9.42. The van der Waals surface area contributed by atoms with Crippen molar-refractivity contribution < 1.29 is 42.9 Å². The minimum atomic E-state index is -0.949. The molecule has 6 aromatic rings. The van der Waals surface area contributed by atoms with Crippen LogP contribution in [0.2, 0.25) is 0 Å². The number of benzene rings is 6. The Balaban J connectivity index is 0.605. The highest BCUT2D eigenvalue weighted by atomic mass is 16.5. The van der Waals surface area contributed by atoms with E-state index in [4.69, 9.17) is 33.7 Å². The molecule has 0 spiro atoms. The number of alkyl carbamates (subject to hydrolysis) is 1. The zero-order chi connectivity index (χ0) is 60.3. The second-order valence-electron chi connectivity index (χ2n) is 23.3. The summed E-state index contributed by atoms with van der Waals surface area (Å²) in [6.45, 7) is 10.9. The first-order chi connectivity index (χ1) is 42.3. The predicted molar refractivity (Wildman–Crippen MR) is 338 cm³/mol. The molecule has 18 heteroatoms. The number of ether oxygens (including phenoxy) is 5. The highest BCUT2D eigenvalue weighted by Crippen LogP contribution is 2.46. The minimum Gasteiger partial charge on any atom is -0.493 e. The van der Waals surface area contributed by atoms with E-state index in [1.54, 1.807) is 56.5 Å². The molecule has 1 aliphatic carbocycles. The van der Waals surface area contributed by atoms with Crippen molar-refractivity contribution >= 4 is 70.1 Å². The Labute approximate surface area is 507 Å². The number of carbonyl (C=O) groups is 4. The first-order valence-corrected chi connectivity index (χ1v) is 29.9. The van der Waals surface area contributed by atoms with Gasteiger partial charge in [-0.3, -0.25) is 24.4 Å². The van der Waals surface area contributed by atoms with E-state index in [0.717, 1.165) is 77.2 Å². The Morgan fingerprint density at radius 2 is 1.24 bits per heavy atom. The van der Waals surface area contributed by atoms with Gasteiger partial charge >= 0.3 is 6.09 Å². The Morgan fingerprint density at radius 1 is 0.644 bits per heavy atom. The smallest absolute Gasteiger partial charge is 0.407 e. The van der Waals surface area contributed by atoms with Crippen LogP contribution in [0.3, 0.4) is 0 Å². The van der Waals surface area contributed by atoms with Crippen molar-refractivity contribution in [3.8, 4) is 34.1 Å². The van der Waals surface area contributed by atoms with Crippen molar-refractivity contribution in [2.45, 2.75) is 76.7 Å². The monoisotopic (exact) mass is 1170 g/mol. The van der Waals surface area contributed by atoms with Crippen LogP contribution in [0.1, 0.15) is 84.1 Å². The van der Waals surface area contributed by atoms with Gasteiger partial charge < -0.3 is 59.2 Å². The molecule has 1 saturated heterocycles. The topological polar surface area (TPSA) is 188 Å². The maximum Gasteiger partial charge on any atom is 0.407 e. The summed E-state index contributed by atoms with van der Waals surface area (Å²) in [5, 5.41) is 8.36. The van der Waals surface area contributed by atoms with Gasteiger partial charge in [-0.05, 0) is 107 Å². The van der Waals surface area contributed by atoms with Gasteiger partial charge in [0.25, 0.3) is 5.91 Å². The van der Waals surface area contributed by atoms with E-state index in [0.29, 0.717) is 72.5 Å². The highest BCUT2D eigenvalue weighted by Gasteiger charge is 2.35. The number of hydrogen-bond donors (Lipinski definition) is 3. The molecule has 0 bridgehead atoms. The average molecular weight is 1170 g/mol. The first-order valence-electron chi connectivity index (χ1n) is 29.9. The lowest BCUT2D eigenvalue weighted by atomic mass is 9.98. The minimum absolute atomic E-state index is 0.106. The molecular weight excluding hydrogens is 1100 g/mol. The fourth-order valence-electron chi connectivity index (χ4n) is 12.3. The van der Waals surface area contributed by atoms with Gasteiger partial charge in [0.1, 0.15) is 18.7 Å². The number of anilines is 2. The van der Waals surface area contributed by atoms with Gasteiger partial charge in [-0.1, -0.05) is 86.6 Å². The molecule has 5 heterocycles. The second kappa shape index (κ2) is 25.3. The number of aliphatic imine (C=N–C) groups is 2. The zero-order valence-electron chi connectivity index (χ0n) is 50.0. The molecule has 18 nitrogen and oxygen atoms in total. The van der Waals surface area contributed by atoms with E-state index in [2.05, 4.69) is 80.3 Å². The number of carbonyl (C=O) groups excluding carboxylic acids is 4. The van der Waals surface area contributed by atoms with E-state index in [9.17, 15) is 19.2 Å². The summed E-state index contributed by atoms with van der Waals surface area (Å²) in [4.78, 5) is 72.9. The molecule has 0 aromatic heterocycles. The van der Waals surface area contributed by atoms with Gasteiger partial charge in [0.05, 0.1) is 56.5 Å². The molecule has 1 fully saturated rings. The van der Waals surface area contributed by atoms with Crippen LogP contribution in [-0.2, 0) is 20.9 Å². The largest absolute Gasteiger partial charge is 0.493 e. The third kappa shape index (κ3) is 12.4. The van der Waals surface area contributed by atoms with E-state index >= 15 is 0 Å². The third-order valence-electron chi connectivity index (χ3n) is 17.2. The summed E-state index contributed by atoms with van der Waals surface area (Å²) in [5.74, 6) is 0.514. The van der Waals surface area contributed by atoms with Crippen LogP contribution in [-0.4, -0.2) is 142 Å². The normalized spacial score (nSPS) is 18.1. The van der Waals surface area contributed by atoms with E-state index < -0.39 is 30.0 Å². The van der Waals surface area contributed by atoms with Crippen LogP contribution >= 0.6 is 0 Å². The summed E-state index contributed by atoms with van der Waals surface area (Å²) < 4.78 is 29.8. The van der Waals surface area contributed by atoms with Gasteiger partial charge in [0.2, 0.25) is 11.8 Å². The number of nitrogens with zero attached hydrogens (tertiary/aromatic N) is 6. The molecule has 3 N–H and O–H groups in total. The molecule has 6 aromatic carbocycles. The van der Waals surface area contributed by atoms with Crippen molar-refractivity contribution in [2.24, 2.45) is 15.9 Å². The van der Waals surface area contributed by atoms with Crippen molar-refractivity contribution in [1.29, 1.82) is 0 Å².